The molecule has 0 aromatic heterocycles. The van der Waals surface area contributed by atoms with Crippen LogP contribution in [0.2, 0.25) is 5.02 Å². The summed E-state index contributed by atoms with van der Waals surface area (Å²) in [5.41, 5.74) is 2.13. The van der Waals surface area contributed by atoms with Crippen molar-refractivity contribution in [2.75, 3.05) is 50.6 Å². The number of benzene rings is 3. The number of halogens is 1. The third-order valence-electron chi connectivity index (χ3n) is 5.59. The molecule has 4 rings (SSSR count). The number of likely N-dealkylation sites (N-methyl/N-ethyl adjacent to an activating group) is 1. The first-order valence-corrected chi connectivity index (χ1v) is 11.2. The zero-order valence-corrected chi connectivity index (χ0v) is 19.6. The third kappa shape index (κ3) is 4.96. The number of hydrogen-bond acceptors (Lipinski definition) is 5. The number of nitrogens with one attached hydrogen (secondary N) is 2. The number of amides is 1. The van der Waals surface area contributed by atoms with E-state index in [1.54, 1.807) is 13.2 Å². The van der Waals surface area contributed by atoms with Crippen LogP contribution in [0.3, 0.4) is 0 Å². The summed E-state index contributed by atoms with van der Waals surface area (Å²) in [6.07, 6.45) is 0. The Morgan fingerprint density at radius 3 is 2.38 bits per heavy atom. The highest BCUT2D eigenvalue weighted by Gasteiger charge is 2.18. The van der Waals surface area contributed by atoms with E-state index < -0.39 is 0 Å². The molecule has 0 bridgehead atoms. The van der Waals surface area contributed by atoms with Gasteiger partial charge in [0.15, 0.2) is 5.11 Å². The Labute approximate surface area is 198 Å². The molecule has 1 aliphatic rings. The molecule has 2 N–H and O–H groups in total. The van der Waals surface area contributed by atoms with Gasteiger partial charge in [-0.25, -0.2) is 0 Å². The number of carbonyl (C=O) groups is 1. The van der Waals surface area contributed by atoms with Crippen LogP contribution in [-0.4, -0.2) is 56.3 Å². The van der Waals surface area contributed by atoms with E-state index in [2.05, 4.69) is 27.5 Å². The molecule has 1 amide bonds. The molecule has 0 unspecified atom stereocenters. The Balaban J connectivity index is 1.44. The van der Waals surface area contributed by atoms with Gasteiger partial charge in [0.05, 0.1) is 23.4 Å². The maximum atomic E-state index is 12.9. The van der Waals surface area contributed by atoms with Gasteiger partial charge in [-0.3, -0.25) is 10.1 Å². The highest BCUT2D eigenvalue weighted by Crippen LogP contribution is 2.30. The van der Waals surface area contributed by atoms with E-state index in [1.165, 1.54) is 0 Å². The molecule has 6 nitrogen and oxygen atoms in total. The molecule has 3 aromatic carbocycles. The number of hydrogen-bond donors (Lipinski definition) is 2. The molecule has 0 radical (unpaired) electrons. The molecule has 0 aliphatic carbocycles. The van der Waals surface area contributed by atoms with E-state index in [4.69, 9.17) is 28.6 Å². The van der Waals surface area contributed by atoms with Crippen LogP contribution in [-0.2, 0) is 0 Å². The summed E-state index contributed by atoms with van der Waals surface area (Å²) in [6.45, 7) is 3.88. The van der Waals surface area contributed by atoms with Crippen LogP contribution in [0.1, 0.15) is 10.4 Å². The Morgan fingerprint density at radius 1 is 1.03 bits per heavy atom. The fraction of sp³-hybridized carbons (Fsp3) is 0.250. The lowest BCUT2D eigenvalue weighted by molar-refractivity contribution is 0.0975. The molecule has 1 saturated heterocycles. The largest absolute Gasteiger partial charge is 0.496 e. The van der Waals surface area contributed by atoms with E-state index in [0.717, 1.165) is 42.6 Å². The normalized spacial score (nSPS) is 14.3. The van der Waals surface area contributed by atoms with Gasteiger partial charge < -0.3 is 19.9 Å². The standard InChI is InChI=1S/C24H25ClN4O2S/c1-28-9-11-29(12-10-28)21-8-7-18(15-20(21)25)26-24(32)27-23(30)19-13-16-5-3-4-6-17(16)14-22(19)31-2/h3-8,13-15H,9-12H2,1-2H3,(H2,26,27,30,32). The van der Waals surface area contributed by atoms with Crippen LogP contribution in [0.25, 0.3) is 10.8 Å². The molecular weight excluding hydrogens is 444 g/mol. The van der Waals surface area contributed by atoms with Crippen molar-refractivity contribution in [1.82, 2.24) is 10.2 Å². The Kier molecular flexibility index (Phi) is 6.79. The number of methoxy groups -OCH3 is 1. The van der Waals surface area contributed by atoms with Gasteiger partial charge in [0, 0.05) is 31.9 Å². The highest BCUT2D eigenvalue weighted by atomic mass is 35.5. The lowest BCUT2D eigenvalue weighted by Gasteiger charge is -2.34. The smallest absolute Gasteiger partial charge is 0.261 e. The molecule has 1 aliphatic heterocycles. The van der Waals surface area contributed by atoms with Gasteiger partial charge in [0.1, 0.15) is 5.75 Å². The molecule has 32 heavy (non-hydrogen) atoms. The molecule has 1 heterocycles. The van der Waals surface area contributed by atoms with Crippen molar-refractivity contribution in [3.63, 3.8) is 0 Å². The average molecular weight is 469 g/mol. The predicted molar refractivity (Wildman–Crippen MR) is 135 cm³/mol. The number of anilines is 2. The summed E-state index contributed by atoms with van der Waals surface area (Å²) >= 11 is 11.9. The summed E-state index contributed by atoms with van der Waals surface area (Å²) in [5.74, 6) is 0.147. The average Bonchev–Trinajstić information content (AvgIpc) is 2.79. The Bertz CT molecular complexity index is 1160. The van der Waals surface area contributed by atoms with Crippen LogP contribution in [0.15, 0.2) is 54.6 Å². The van der Waals surface area contributed by atoms with Crippen molar-refractivity contribution < 1.29 is 9.53 Å². The van der Waals surface area contributed by atoms with E-state index >= 15 is 0 Å². The molecule has 166 valence electrons. The number of piperazine rings is 1. The van der Waals surface area contributed by atoms with Crippen molar-refractivity contribution in [2.45, 2.75) is 0 Å². The van der Waals surface area contributed by atoms with Gasteiger partial charge in [0.25, 0.3) is 5.91 Å². The minimum Gasteiger partial charge on any atom is -0.496 e. The number of thiocarbonyl (C=S) groups is 1. The molecule has 3 aromatic rings. The van der Waals surface area contributed by atoms with Crippen LogP contribution in [0, 0.1) is 0 Å². The van der Waals surface area contributed by atoms with Gasteiger partial charge in [0.2, 0.25) is 0 Å². The maximum Gasteiger partial charge on any atom is 0.261 e. The summed E-state index contributed by atoms with van der Waals surface area (Å²) in [7, 11) is 3.66. The number of fused-ring (bicyclic) bond motifs is 1. The first-order chi connectivity index (χ1) is 15.4. The molecule has 0 spiro atoms. The van der Waals surface area contributed by atoms with E-state index in [0.29, 0.717) is 22.0 Å². The SMILES string of the molecule is COc1cc2ccccc2cc1C(=O)NC(=S)Nc1ccc(N2CCN(C)CC2)c(Cl)c1. The molecular formula is C24H25ClN4O2S. The summed E-state index contributed by atoms with van der Waals surface area (Å²) in [4.78, 5) is 17.4. The number of rotatable bonds is 4. The van der Waals surface area contributed by atoms with Gasteiger partial charge in [-0.05, 0) is 60.4 Å². The number of carbonyl (C=O) groups excluding carboxylic acids is 1. The second-order valence-electron chi connectivity index (χ2n) is 7.76. The highest BCUT2D eigenvalue weighted by molar-refractivity contribution is 7.80. The van der Waals surface area contributed by atoms with Gasteiger partial charge in [-0.1, -0.05) is 35.9 Å². The van der Waals surface area contributed by atoms with Crippen LogP contribution in [0.5, 0.6) is 5.75 Å². The number of nitrogens with zero attached hydrogens (tertiary/aromatic N) is 2. The molecule has 0 saturated carbocycles. The van der Waals surface area contributed by atoms with Crippen molar-refractivity contribution in [2.24, 2.45) is 0 Å². The molecule has 8 heteroatoms. The van der Waals surface area contributed by atoms with Crippen molar-refractivity contribution in [3.8, 4) is 5.75 Å². The third-order valence-corrected chi connectivity index (χ3v) is 6.10. The Morgan fingerprint density at radius 2 is 1.72 bits per heavy atom. The monoisotopic (exact) mass is 468 g/mol. The van der Waals surface area contributed by atoms with E-state index in [9.17, 15) is 4.79 Å². The first-order valence-electron chi connectivity index (χ1n) is 10.4. The zero-order valence-electron chi connectivity index (χ0n) is 18.0. The zero-order chi connectivity index (χ0) is 22.7. The van der Waals surface area contributed by atoms with Crippen LogP contribution < -0.4 is 20.3 Å². The summed E-state index contributed by atoms with van der Waals surface area (Å²) < 4.78 is 5.42. The van der Waals surface area contributed by atoms with Gasteiger partial charge in [-0.2, -0.15) is 0 Å². The van der Waals surface area contributed by atoms with Crippen LogP contribution >= 0.6 is 23.8 Å². The van der Waals surface area contributed by atoms with Crippen LogP contribution in [0.4, 0.5) is 11.4 Å². The maximum absolute atomic E-state index is 12.9. The second-order valence-corrected chi connectivity index (χ2v) is 8.58. The lowest BCUT2D eigenvalue weighted by atomic mass is 10.1. The number of ether oxygens (including phenoxy) is 1. The molecule has 0 atom stereocenters. The topological polar surface area (TPSA) is 56.8 Å². The fourth-order valence-corrected chi connectivity index (χ4v) is 4.30. The van der Waals surface area contributed by atoms with Crippen molar-refractivity contribution in [3.05, 3.63) is 65.2 Å². The summed E-state index contributed by atoms with van der Waals surface area (Å²) in [6, 6.07) is 17.2. The fourth-order valence-electron chi connectivity index (χ4n) is 3.79. The molecule has 1 fully saturated rings. The van der Waals surface area contributed by atoms with Gasteiger partial charge >= 0.3 is 0 Å². The van der Waals surface area contributed by atoms with Crippen molar-refractivity contribution >= 4 is 57.0 Å². The lowest BCUT2D eigenvalue weighted by Crippen LogP contribution is -2.44. The van der Waals surface area contributed by atoms with E-state index in [1.807, 2.05) is 48.5 Å². The van der Waals surface area contributed by atoms with Gasteiger partial charge in [-0.15, -0.1) is 0 Å². The minimum atomic E-state index is -0.342. The second kappa shape index (κ2) is 9.73. The van der Waals surface area contributed by atoms with E-state index in [-0.39, 0.29) is 11.0 Å². The van der Waals surface area contributed by atoms with Crippen molar-refractivity contribution in [1.29, 1.82) is 0 Å². The first kappa shape index (κ1) is 22.3. The predicted octanol–water partition coefficient (Wildman–Crippen LogP) is 4.38. The Hall–Kier alpha value is -2.87. The quantitative estimate of drug-likeness (QED) is 0.554. The minimum absolute atomic E-state index is 0.189. The summed E-state index contributed by atoms with van der Waals surface area (Å²) in [5, 5.41) is 8.55.